The van der Waals surface area contributed by atoms with E-state index in [1.807, 2.05) is 24.3 Å². The van der Waals surface area contributed by atoms with E-state index in [0.717, 1.165) is 48.7 Å². The first kappa shape index (κ1) is 18.3. The van der Waals surface area contributed by atoms with Gasteiger partial charge in [-0.15, -0.1) is 0 Å². The van der Waals surface area contributed by atoms with Gasteiger partial charge in [0.15, 0.2) is 0 Å². The smallest absolute Gasteiger partial charge is 0.245 e. The highest BCUT2D eigenvalue weighted by atomic mass is 32.2. The second-order valence-electron chi connectivity index (χ2n) is 6.64. The number of nitrogens with zero attached hydrogens (tertiary/aromatic N) is 3. The zero-order valence-electron chi connectivity index (χ0n) is 15.0. The van der Waals surface area contributed by atoms with Crippen molar-refractivity contribution >= 4 is 32.8 Å². The van der Waals surface area contributed by atoms with Crippen molar-refractivity contribution in [1.29, 1.82) is 0 Å². The normalized spacial score (nSPS) is 19.1. The molecule has 1 aliphatic heterocycles. The van der Waals surface area contributed by atoms with Crippen molar-refractivity contribution in [2.45, 2.75) is 36.6 Å². The van der Waals surface area contributed by atoms with E-state index in [2.05, 4.69) is 8.75 Å². The van der Waals surface area contributed by atoms with Gasteiger partial charge in [-0.3, -0.25) is 0 Å². The van der Waals surface area contributed by atoms with E-state index in [9.17, 15) is 8.42 Å². The Morgan fingerprint density at radius 3 is 2.67 bits per heavy atom. The molecule has 2 heterocycles. The van der Waals surface area contributed by atoms with Crippen molar-refractivity contribution in [1.82, 2.24) is 13.1 Å². The van der Waals surface area contributed by atoms with E-state index in [1.54, 1.807) is 29.6 Å². The van der Waals surface area contributed by atoms with Crippen LogP contribution < -0.4 is 4.74 Å². The lowest BCUT2D eigenvalue weighted by Gasteiger charge is -2.29. The number of rotatable bonds is 4. The van der Waals surface area contributed by atoms with E-state index in [-0.39, 0.29) is 10.9 Å². The molecule has 0 bridgehead atoms. The summed E-state index contributed by atoms with van der Waals surface area (Å²) in [6, 6.07) is 12.7. The Hall–Kier alpha value is -2.03. The van der Waals surface area contributed by atoms with E-state index in [4.69, 9.17) is 4.74 Å². The molecule has 0 saturated carbocycles. The maximum Gasteiger partial charge on any atom is 0.245 e. The van der Waals surface area contributed by atoms with Crippen molar-refractivity contribution in [2.24, 2.45) is 0 Å². The maximum atomic E-state index is 13.6. The second kappa shape index (κ2) is 7.53. The fourth-order valence-electron chi connectivity index (χ4n) is 3.64. The van der Waals surface area contributed by atoms with E-state index in [1.165, 1.54) is 0 Å². The monoisotopic (exact) mass is 403 g/mol. The van der Waals surface area contributed by atoms with Crippen molar-refractivity contribution in [3.63, 3.8) is 0 Å². The molecule has 3 aromatic rings. The van der Waals surface area contributed by atoms with Crippen LogP contribution in [0.2, 0.25) is 0 Å². The van der Waals surface area contributed by atoms with Gasteiger partial charge in [0.05, 0.1) is 24.9 Å². The van der Waals surface area contributed by atoms with Gasteiger partial charge in [0, 0.05) is 6.54 Å². The topological polar surface area (TPSA) is 72.4 Å². The van der Waals surface area contributed by atoms with Crippen LogP contribution in [0.25, 0.3) is 11.0 Å². The second-order valence-corrected chi connectivity index (χ2v) is 9.03. The third-order valence-corrected chi connectivity index (χ3v) is 7.52. The number of methoxy groups -OCH3 is 1. The van der Waals surface area contributed by atoms with E-state index >= 15 is 0 Å². The van der Waals surface area contributed by atoms with Gasteiger partial charge in [-0.1, -0.05) is 31.0 Å². The largest absolute Gasteiger partial charge is 0.497 e. The fourth-order valence-corrected chi connectivity index (χ4v) is 6.08. The minimum absolute atomic E-state index is 0.190. The van der Waals surface area contributed by atoms with Crippen LogP contribution in [0.4, 0.5) is 0 Å². The van der Waals surface area contributed by atoms with Crippen LogP contribution in [0, 0.1) is 0 Å². The summed E-state index contributed by atoms with van der Waals surface area (Å²) < 4.78 is 42.5. The number of fused-ring (bicyclic) bond motifs is 1. The highest BCUT2D eigenvalue weighted by Crippen LogP contribution is 2.36. The third kappa shape index (κ3) is 3.44. The summed E-state index contributed by atoms with van der Waals surface area (Å²) >= 11 is 1.04. The molecule has 6 nitrogen and oxygen atoms in total. The summed E-state index contributed by atoms with van der Waals surface area (Å²) in [6.07, 6.45) is 3.69. The molecule has 8 heteroatoms. The van der Waals surface area contributed by atoms with Gasteiger partial charge in [0.1, 0.15) is 21.7 Å². The van der Waals surface area contributed by atoms with Gasteiger partial charge in [0.2, 0.25) is 10.0 Å². The Labute approximate surface area is 163 Å². The quantitative estimate of drug-likeness (QED) is 0.658. The van der Waals surface area contributed by atoms with Crippen LogP contribution >= 0.6 is 11.7 Å². The predicted molar refractivity (Wildman–Crippen MR) is 106 cm³/mol. The lowest BCUT2D eigenvalue weighted by molar-refractivity contribution is 0.329. The number of ether oxygens (including phenoxy) is 1. The number of sulfonamides is 1. The first-order chi connectivity index (χ1) is 13.1. The molecule has 0 amide bonds. The summed E-state index contributed by atoms with van der Waals surface area (Å²) in [6.45, 7) is 0.507. The van der Waals surface area contributed by atoms with Crippen LogP contribution in [-0.4, -0.2) is 35.1 Å². The van der Waals surface area contributed by atoms with Gasteiger partial charge in [-0.2, -0.15) is 13.1 Å². The molecule has 27 heavy (non-hydrogen) atoms. The molecule has 1 aliphatic rings. The molecule has 142 valence electrons. The SMILES string of the molecule is COc1ccc([C@H]2CCCCCN2S(=O)(=O)c2cccc3nsnc23)cc1. The number of hydrogen-bond donors (Lipinski definition) is 0. The molecule has 0 radical (unpaired) electrons. The van der Waals surface area contributed by atoms with Crippen LogP contribution in [0.5, 0.6) is 5.75 Å². The van der Waals surface area contributed by atoms with Crippen molar-refractivity contribution < 1.29 is 13.2 Å². The molecule has 1 atom stereocenters. The van der Waals surface area contributed by atoms with Gasteiger partial charge in [0.25, 0.3) is 0 Å². The average molecular weight is 404 g/mol. The summed E-state index contributed by atoms with van der Waals surface area (Å²) in [4.78, 5) is 0.245. The molecule has 2 aromatic carbocycles. The van der Waals surface area contributed by atoms with Crippen LogP contribution in [0.3, 0.4) is 0 Å². The first-order valence-corrected chi connectivity index (χ1v) is 11.2. The van der Waals surface area contributed by atoms with Crippen molar-refractivity contribution in [3.05, 3.63) is 48.0 Å². The highest BCUT2D eigenvalue weighted by molar-refractivity contribution is 7.89. The summed E-state index contributed by atoms with van der Waals surface area (Å²) in [5.74, 6) is 0.764. The molecular formula is C19H21N3O3S2. The highest BCUT2D eigenvalue weighted by Gasteiger charge is 2.35. The number of hydrogen-bond acceptors (Lipinski definition) is 6. The molecule has 1 fully saturated rings. The van der Waals surface area contributed by atoms with Crippen LogP contribution in [0.1, 0.15) is 37.3 Å². The minimum atomic E-state index is -3.69. The molecule has 0 spiro atoms. The first-order valence-electron chi connectivity index (χ1n) is 8.98. The maximum absolute atomic E-state index is 13.6. The number of benzene rings is 2. The van der Waals surface area contributed by atoms with E-state index < -0.39 is 10.0 Å². The van der Waals surface area contributed by atoms with Crippen molar-refractivity contribution in [3.8, 4) is 5.75 Å². The van der Waals surface area contributed by atoms with Gasteiger partial charge < -0.3 is 4.74 Å². The predicted octanol–water partition coefficient (Wildman–Crippen LogP) is 4.01. The summed E-state index contributed by atoms with van der Waals surface area (Å²) in [5.41, 5.74) is 2.07. The molecule has 4 rings (SSSR count). The molecule has 0 aliphatic carbocycles. The Bertz CT molecular complexity index is 1030. The minimum Gasteiger partial charge on any atom is -0.497 e. The van der Waals surface area contributed by atoms with Crippen LogP contribution in [0.15, 0.2) is 47.4 Å². The molecule has 0 N–H and O–H groups in total. The lowest BCUT2D eigenvalue weighted by Crippen LogP contribution is -2.35. The Morgan fingerprint density at radius 2 is 1.89 bits per heavy atom. The molecule has 1 saturated heterocycles. The Kier molecular flexibility index (Phi) is 5.12. The molecular weight excluding hydrogens is 382 g/mol. The average Bonchev–Trinajstić information content (AvgIpc) is 3.03. The third-order valence-electron chi connectivity index (χ3n) is 5.04. The Morgan fingerprint density at radius 1 is 1.07 bits per heavy atom. The summed E-state index contributed by atoms with van der Waals surface area (Å²) in [7, 11) is -2.06. The standard InChI is InChI=1S/C19H21N3O3S2/c1-25-15-11-9-14(10-12-15)17-7-3-2-4-13-22(17)27(23,24)18-8-5-6-16-19(18)21-26-20-16/h5-6,8-12,17H,2-4,7,13H2,1H3/t17-/m1/s1. The Balaban J connectivity index is 1.78. The number of aromatic nitrogens is 2. The van der Waals surface area contributed by atoms with Crippen molar-refractivity contribution in [2.75, 3.05) is 13.7 Å². The summed E-state index contributed by atoms with van der Waals surface area (Å²) in [5, 5.41) is 0. The van der Waals surface area contributed by atoms with Gasteiger partial charge >= 0.3 is 0 Å². The lowest BCUT2D eigenvalue weighted by atomic mass is 10.0. The fraction of sp³-hybridized carbons (Fsp3) is 0.368. The zero-order valence-corrected chi connectivity index (χ0v) is 16.7. The van der Waals surface area contributed by atoms with Gasteiger partial charge in [-0.05, 0) is 42.7 Å². The zero-order chi connectivity index (χ0) is 18.9. The molecule has 0 unspecified atom stereocenters. The van der Waals surface area contributed by atoms with E-state index in [0.29, 0.717) is 17.6 Å². The molecule has 1 aromatic heterocycles. The van der Waals surface area contributed by atoms with Gasteiger partial charge in [-0.25, -0.2) is 8.42 Å². The van der Waals surface area contributed by atoms with Crippen LogP contribution in [-0.2, 0) is 10.0 Å².